The fourth-order valence-corrected chi connectivity index (χ4v) is 2.49. The Balaban J connectivity index is 1.77. The number of aliphatic imine (C=N–C) groups is 1. The quantitative estimate of drug-likeness (QED) is 0.904. The molecule has 0 fully saturated rings. The topological polar surface area (TPSA) is 91.0 Å². The highest BCUT2D eigenvalue weighted by Crippen LogP contribution is 2.16. The fourth-order valence-electron chi connectivity index (χ4n) is 2.49. The summed E-state index contributed by atoms with van der Waals surface area (Å²) in [6.45, 7) is 3.73. The molecule has 0 unspecified atom stereocenters. The van der Waals surface area contributed by atoms with Gasteiger partial charge in [-0.2, -0.15) is 0 Å². The number of anilines is 1. The number of carbonyl (C=O) groups excluding carboxylic acids is 2. The molecule has 0 radical (unpaired) electrons. The van der Waals surface area contributed by atoms with E-state index in [9.17, 15) is 9.59 Å². The second-order valence-corrected chi connectivity index (χ2v) is 5.86. The van der Waals surface area contributed by atoms with Gasteiger partial charge >= 0.3 is 0 Å². The van der Waals surface area contributed by atoms with Crippen molar-refractivity contribution >= 4 is 23.3 Å². The molecule has 2 aromatic rings. The normalized spacial score (nSPS) is 17.1. The molecule has 1 aliphatic rings. The van der Waals surface area contributed by atoms with Gasteiger partial charge in [0, 0.05) is 13.1 Å². The average molecular weight is 341 g/mol. The third-order valence-corrected chi connectivity index (χ3v) is 3.76. The van der Waals surface area contributed by atoms with Crippen molar-refractivity contribution < 1.29 is 14.1 Å². The van der Waals surface area contributed by atoms with Crippen LogP contribution in [0.2, 0.25) is 0 Å². The fraction of sp³-hybridized carbons (Fsp3) is 0.294. The maximum atomic E-state index is 12.7. The van der Waals surface area contributed by atoms with Gasteiger partial charge in [-0.1, -0.05) is 23.4 Å². The monoisotopic (exact) mass is 341 g/mol. The number of benzene rings is 1. The summed E-state index contributed by atoms with van der Waals surface area (Å²) in [4.78, 5) is 30.7. The van der Waals surface area contributed by atoms with Crippen LogP contribution in [0.15, 0.2) is 45.9 Å². The van der Waals surface area contributed by atoms with Gasteiger partial charge in [-0.05, 0) is 26.0 Å². The van der Waals surface area contributed by atoms with E-state index < -0.39 is 6.04 Å². The molecule has 130 valence electrons. The van der Waals surface area contributed by atoms with Gasteiger partial charge in [-0.3, -0.25) is 15.0 Å². The highest BCUT2D eigenvalue weighted by molar-refractivity contribution is 6.39. The summed E-state index contributed by atoms with van der Waals surface area (Å²) in [6, 6.07) is 10.2. The van der Waals surface area contributed by atoms with Crippen molar-refractivity contribution in [1.29, 1.82) is 0 Å². The first-order valence-electron chi connectivity index (χ1n) is 7.87. The van der Waals surface area contributed by atoms with Gasteiger partial charge in [-0.25, -0.2) is 10.0 Å². The Hall–Kier alpha value is -3.16. The number of hydrogen-bond acceptors (Lipinski definition) is 6. The predicted molar refractivity (Wildman–Crippen MR) is 91.7 cm³/mol. The molecule has 1 aromatic heterocycles. The molecule has 0 saturated carbocycles. The van der Waals surface area contributed by atoms with Gasteiger partial charge in [0.1, 0.15) is 17.5 Å². The molecule has 1 atom stereocenters. The van der Waals surface area contributed by atoms with Crippen LogP contribution in [-0.2, 0) is 16.1 Å². The summed E-state index contributed by atoms with van der Waals surface area (Å²) in [6.07, 6.45) is 0. The van der Waals surface area contributed by atoms with Crippen LogP contribution >= 0.6 is 0 Å². The molecule has 0 spiro atoms. The van der Waals surface area contributed by atoms with Crippen molar-refractivity contribution in [3.63, 3.8) is 0 Å². The van der Waals surface area contributed by atoms with Crippen molar-refractivity contribution in [3.05, 3.63) is 47.9 Å². The lowest BCUT2D eigenvalue weighted by molar-refractivity contribution is -0.124. The Morgan fingerprint density at radius 1 is 1.36 bits per heavy atom. The molecule has 0 bridgehead atoms. The number of hydrazine groups is 1. The van der Waals surface area contributed by atoms with E-state index in [1.807, 2.05) is 18.2 Å². The van der Waals surface area contributed by atoms with E-state index in [1.165, 1.54) is 9.91 Å². The number of nitrogens with zero attached hydrogens (tertiary/aromatic N) is 4. The molecule has 8 heteroatoms. The minimum absolute atomic E-state index is 0.110. The zero-order chi connectivity index (χ0) is 18.0. The number of aryl methyl sites for hydroxylation is 1. The molecule has 0 aliphatic carbocycles. The van der Waals surface area contributed by atoms with Gasteiger partial charge < -0.3 is 9.42 Å². The highest BCUT2D eigenvalue weighted by atomic mass is 16.5. The number of nitrogens with one attached hydrogen (secondary N) is 1. The van der Waals surface area contributed by atoms with Gasteiger partial charge in [0.2, 0.25) is 5.84 Å². The molecular weight excluding hydrogens is 322 g/mol. The second kappa shape index (κ2) is 6.76. The summed E-state index contributed by atoms with van der Waals surface area (Å²) < 4.78 is 5.01. The molecule has 1 N–H and O–H groups in total. The Labute approximate surface area is 145 Å². The standard InChI is InChI=1S/C17H19N5O3/c1-11-9-13(20-25-11)10-21(3)17(24)15-18-12(2)16(23)22(19-15)14-7-5-4-6-8-14/h4-9,12H,10H2,1-3H3,(H,18,19)/t12-/m1/s1. The van der Waals surface area contributed by atoms with Crippen LogP contribution in [0.25, 0.3) is 0 Å². The van der Waals surface area contributed by atoms with E-state index in [0.717, 1.165) is 0 Å². The number of carbonyl (C=O) groups is 2. The third-order valence-electron chi connectivity index (χ3n) is 3.76. The SMILES string of the molecule is Cc1cc(CN(C)C(=O)C2=N[C@H](C)C(=O)N(c3ccccc3)N2)no1. The number of rotatable bonds is 4. The number of likely N-dealkylation sites (N-methyl/N-ethyl adjacent to an activating group) is 1. The predicted octanol–water partition coefficient (Wildman–Crippen LogP) is 1.28. The van der Waals surface area contributed by atoms with E-state index >= 15 is 0 Å². The number of para-hydroxylation sites is 1. The summed E-state index contributed by atoms with van der Waals surface area (Å²) in [5, 5.41) is 5.23. The van der Waals surface area contributed by atoms with Crippen molar-refractivity contribution in [2.24, 2.45) is 4.99 Å². The minimum atomic E-state index is -0.650. The Morgan fingerprint density at radius 3 is 2.72 bits per heavy atom. The minimum Gasteiger partial charge on any atom is -0.361 e. The summed E-state index contributed by atoms with van der Waals surface area (Å²) >= 11 is 0. The van der Waals surface area contributed by atoms with Crippen molar-refractivity contribution in [3.8, 4) is 0 Å². The smallest absolute Gasteiger partial charge is 0.290 e. The van der Waals surface area contributed by atoms with E-state index in [2.05, 4.69) is 15.6 Å². The number of hydrogen-bond donors (Lipinski definition) is 1. The van der Waals surface area contributed by atoms with Crippen LogP contribution in [-0.4, -0.2) is 40.8 Å². The summed E-state index contributed by atoms with van der Waals surface area (Å²) in [5.74, 6) is 0.232. The number of amidine groups is 1. The van der Waals surface area contributed by atoms with Gasteiger partial charge in [0.15, 0.2) is 0 Å². The highest BCUT2D eigenvalue weighted by Gasteiger charge is 2.31. The van der Waals surface area contributed by atoms with Gasteiger partial charge in [0.05, 0.1) is 12.2 Å². The Bertz CT molecular complexity index is 815. The number of amides is 2. The first kappa shape index (κ1) is 16.7. The van der Waals surface area contributed by atoms with Crippen LogP contribution < -0.4 is 10.4 Å². The maximum absolute atomic E-state index is 12.7. The molecule has 2 amide bonds. The molecule has 8 nitrogen and oxygen atoms in total. The van der Waals surface area contributed by atoms with Crippen LogP contribution in [0.4, 0.5) is 5.69 Å². The molecular formula is C17H19N5O3. The Kier molecular flexibility index (Phi) is 4.51. The lowest BCUT2D eigenvalue weighted by Crippen LogP contribution is -2.58. The molecule has 0 saturated heterocycles. The zero-order valence-electron chi connectivity index (χ0n) is 14.3. The van der Waals surface area contributed by atoms with Crippen LogP contribution in [0, 0.1) is 6.92 Å². The van der Waals surface area contributed by atoms with Crippen LogP contribution in [0.3, 0.4) is 0 Å². The van der Waals surface area contributed by atoms with E-state index in [-0.39, 0.29) is 24.2 Å². The maximum Gasteiger partial charge on any atom is 0.290 e. The summed E-state index contributed by atoms with van der Waals surface area (Å²) in [7, 11) is 1.64. The second-order valence-electron chi connectivity index (χ2n) is 5.86. The summed E-state index contributed by atoms with van der Waals surface area (Å²) in [5.41, 5.74) is 4.11. The molecule has 1 aromatic carbocycles. The molecule has 3 rings (SSSR count). The molecule has 25 heavy (non-hydrogen) atoms. The van der Waals surface area contributed by atoms with E-state index in [0.29, 0.717) is 17.1 Å². The lowest BCUT2D eigenvalue weighted by atomic mass is 10.2. The van der Waals surface area contributed by atoms with E-state index in [4.69, 9.17) is 4.52 Å². The third kappa shape index (κ3) is 3.52. The zero-order valence-corrected chi connectivity index (χ0v) is 14.3. The first-order chi connectivity index (χ1) is 12.0. The Morgan fingerprint density at radius 2 is 2.08 bits per heavy atom. The van der Waals surface area contributed by atoms with Crippen molar-refractivity contribution in [1.82, 2.24) is 15.5 Å². The van der Waals surface area contributed by atoms with E-state index in [1.54, 1.807) is 39.1 Å². The van der Waals surface area contributed by atoms with Gasteiger partial charge in [0.25, 0.3) is 11.8 Å². The molecule has 2 heterocycles. The lowest BCUT2D eigenvalue weighted by Gasteiger charge is -2.31. The average Bonchev–Trinajstić information content (AvgIpc) is 3.02. The van der Waals surface area contributed by atoms with Crippen LogP contribution in [0.5, 0.6) is 0 Å². The van der Waals surface area contributed by atoms with Crippen LogP contribution in [0.1, 0.15) is 18.4 Å². The van der Waals surface area contributed by atoms with Gasteiger partial charge in [-0.15, -0.1) is 0 Å². The molecule has 1 aliphatic heterocycles. The number of aromatic nitrogens is 1. The first-order valence-corrected chi connectivity index (χ1v) is 7.87. The largest absolute Gasteiger partial charge is 0.361 e. The van der Waals surface area contributed by atoms with Crippen molar-refractivity contribution in [2.45, 2.75) is 26.4 Å². The van der Waals surface area contributed by atoms with Crippen molar-refractivity contribution in [2.75, 3.05) is 12.1 Å².